The molecule has 1 fully saturated rings. The third-order valence-electron chi connectivity index (χ3n) is 6.90. The normalized spacial score (nSPS) is 18.3. The van der Waals surface area contributed by atoms with Crippen molar-refractivity contribution in [3.8, 4) is 17.0 Å². The standard InChI is InChI=1S/C27H22F4N4O2/c1-32-14-4-6-16-21-10-13-9-15(34-26(36)19-3-2-8-33-19)5-7-20(13)35(21)27(37-22(16)11-14)23-24(30)17(28)12-18(29)25(23)31/h4-7,9-12,19,27,32-33H,2-3,8H2,1H3,(H,34,36). The summed E-state index contributed by atoms with van der Waals surface area (Å²) in [6.07, 6.45) is 0.147. The predicted octanol–water partition coefficient (Wildman–Crippen LogP) is 5.54. The molecule has 190 valence electrons. The zero-order valence-corrected chi connectivity index (χ0v) is 19.7. The van der Waals surface area contributed by atoms with Gasteiger partial charge < -0.3 is 25.3 Å². The molecular weight excluding hydrogens is 488 g/mol. The largest absolute Gasteiger partial charge is 0.465 e. The van der Waals surface area contributed by atoms with E-state index in [0.717, 1.165) is 19.4 Å². The van der Waals surface area contributed by atoms with Crippen molar-refractivity contribution in [1.29, 1.82) is 0 Å². The summed E-state index contributed by atoms with van der Waals surface area (Å²) in [5.41, 5.74) is 2.02. The smallest absolute Gasteiger partial charge is 0.241 e. The number of hydrogen-bond donors (Lipinski definition) is 3. The molecule has 1 aromatic heterocycles. The number of carbonyl (C=O) groups excluding carboxylic acids is 1. The van der Waals surface area contributed by atoms with Crippen LogP contribution < -0.4 is 20.7 Å². The van der Waals surface area contributed by atoms with Gasteiger partial charge in [-0.15, -0.1) is 0 Å². The van der Waals surface area contributed by atoms with Gasteiger partial charge in [-0.3, -0.25) is 4.79 Å². The first-order valence-electron chi connectivity index (χ1n) is 11.9. The second kappa shape index (κ2) is 8.81. The Bertz CT molecular complexity index is 1540. The van der Waals surface area contributed by atoms with E-state index in [9.17, 15) is 22.4 Å². The Kier molecular flexibility index (Phi) is 5.56. The summed E-state index contributed by atoms with van der Waals surface area (Å²) in [5, 5.41) is 9.66. The minimum Gasteiger partial charge on any atom is -0.465 e. The van der Waals surface area contributed by atoms with Crippen molar-refractivity contribution in [3.05, 3.63) is 77.4 Å². The minimum absolute atomic E-state index is 0.147. The summed E-state index contributed by atoms with van der Waals surface area (Å²) in [7, 11) is 1.71. The SMILES string of the molecule is CNc1ccc2c(c1)OC(c1c(F)c(F)cc(F)c1F)n1c-2cc2cc(NC(=O)C3CCCN3)ccc21. The van der Waals surface area contributed by atoms with Gasteiger partial charge in [0.15, 0.2) is 23.3 Å². The second-order valence-corrected chi connectivity index (χ2v) is 9.12. The van der Waals surface area contributed by atoms with Crippen LogP contribution in [0.5, 0.6) is 5.75 Å². The number of fused-ring (bicyclic) bond motifs is 5. The van der Waals surface area contributed by atoms with Crippen molar-refractivity contribution in [2.75, 3.05) is 24.2 Å². The van der Waals surface area contributed by atoms with Gasteiger partial charge in [0.25, 0.3) is 0 Å². The number of nitrogens with one attached hydrogen (secondary N) is 3. The fourth-order valence-corrected chi connectivity index (χ4v) is 5.07. The van der Waals surface area contributed by atoms with Crippen LogP contribution >= 0.6 is 0 Å². The summed E-state index contributed by atoms with van der Waals surface area (Å²) < 4.78 is 65.9. The molecule has 2 unspecified atom stereocenters. The number of ether oxygens (including phenoxy) is 1. The molecule has 3 aromatic carbocycles. The van der Waals surface area contributed by atoms with Crippen LogP contribution in [-0.2, 0) is 4.79 Å². The number of halogens is 4. The number of rotatable bonds is 4. The van der Waals surface area contributed by atoms with Crippen molar-refractivity contribution >= 4 is 28.2 Å². The van der Waals surface area contributed by atoms with Gasteiger partial charge in [-0.25, -0.2) is 17.6 Å². The van der Waals surface area contributed by atoms with Crippen LogP contribution in [0.3, 0.4) is 0 Å². The van der Waals surface area contributed by atoms with E-state index in [4.69, 9.17) is 4.74 Å². The molecule has 0 spiro atoms. The third-order valence-corrected chi connectivity index (χ3v) is 6.90. The van der Waals surface area contributed by atoms with Crippen molar-refractivity contribution in [3.63, 3.8) is 0 Å². The fraction of sp³-hybridized carbons (Fsp3) is 0.222. The van der Waals surface area contributed by atoms with E-state index >= 15 is 0 Å². The lowest BCUT2D eigenvalue weighted by molar-refractivity contribution is -0.117. The van der Waals surface area contributed by atoms with Crippen LogP contribution in [0.15, 0.2) is 48.5 Å². The van der Waals surface area contributed by atoms with Crippen molar-refractivity contribution in [1.82, 2.24) is 9.88 Å². The molecule has 3 N–H and O–H groups in total. The third kappa shape index (κ3) is 3.79. The number of amides is 1. The van der Waals surface area contributed by atoms with E-state index in [1.807, 2.05) is 6.07 Å². The molecule has 6 nitrogen and oxygen atoms in total. The number of benzene rings is 3. The van der Waals surface area contributed by atoms with Crippen LogP contribution in [0.2, 0.25) is 0 Å². The van der Waals surface area contributed by atoms with E-state index in [-0.39, 0.29) is 23.8 Å². The van der Waals surface area contributed by atoms with Crippen LogP contribution in [0.4, 0.5) is 28.9 Å². The van der Waals surface area contributed by atoms with Crippen molar-refractivity contribution in [2.24, 2.45) is 0 Å². The maximum atomic E-state index is 15.0. The van der Waals surface area contributed by atoms with Crippen LogP contribution in [-0.4, -0.2) is 30.1 Å². The summed E-state index contributed by atoms with van der Waals surface area (Å²) in [6.45, 7) is 0.785. The lowest BCUT2D eigenvalue weighted by Crippen LogP contribution is -2.35. The average Bonchev–Trinajstić information content (AvgIpc) is 3.56. The molecule has 1 amide bonds. The summed E-state index contributed by atoms with van der Waals surface area (Å²) in [6, 6.07) is 12.0. The Morgan fingerprint density at radius 2 is 1.76 bits per heavy atom. The van der Waals surface area contributed by atoms with Gasteiger partial charge in [0.2, 0.25) is 12.1 Å². The zero-order chi connectivity index (χ0) is 25.8. The fourth-order valence-electron chi connectivity index (χ4n) is 5.07. The first-order chi connectivity index (χ1) is 17.9. The molecule has 37 heavy (non-hydrogen) atoms. The number of carbonyl (C=O) groups is 1. The lowest BCUT2D eigenvalue weighted by Gasteiger charge is -2.31. The summed E-state index contributed by atoms with van der Waals surface area (Å²) in [4.78, 5) is 12.6. The van der Waals surface area contributed by atoms with Gasteiger partial charge in [-0.2, -0.15) is 0 Å². The van der Waals surface area contributed by atoms with E-state index in [1.54, 1.807) is 43.4 Å². The van der Waals surface area contributed by atoms with Crippen LogP contribution in [0.1, 0.15) is 24.6 Å². The van der Waals surface area contributed by atoms with E-state index in [1.165, 1.54) is 4.57 Å². The van der Waals surface area contributed by atoms with E-state index < -0.39 is 35.1 Å². The highest BCUT2D eigenvalue weighted by molar-refractivity contribution is 5.98. The maximum absolute atomic E-state index is 15.0. The maximum Gasteiger partial charge on any atom is 0.241 e. The molecule has 0 saturated carbocycles. The predicted molar refractivity (Wildman–Crippen MR) is 132 cm³/mol. The number of aromatic nitrogens is 1. The lowest BCUT2D eigenvalue weighted by atomic mass is 10.1. The average molecular weight is 510 g/mol. The summed E-state index contributed by atoms with van der Waals surface area (Å²) >= 11 is 0. The molecule has 1 saturated heterocycles. The molecule has 2 aliphatic rings. The highest BCUT2D eigenvalue weighted by Crippen LogP contribution is 2.46. The number of nitrogens with zero attached hydrogens (tertiary/aromatic N) is 1. The van der Waals surface area contributed by atoms with Crippen LogP contribution in [0.25, 0.3) is 22.2 Å². The number of anilines is 2. The summed E-state index contributed by atoms with van der Waals surface area (Å²) in [5.74, 6) is -5.95. The van der Waals surface area contributed by atoms with Crippen molar-refractivity contribution < 1.29 is 27.1 Å². The Hall–Kier alpha value is -4.05. The zero-order valence-electron chi connectivity index (χ0n) is 19.7. The van der Waals surface area contributed by atoms with Crippen LogP contribution in [0, 0.1) is 23.3 Å². The Morgan fingerprint density at radius 1 is 1.00 bits per heavy atom. The molecule has 3 heterocycles. The van der Waals surface area contributed by atoms with E-state index in [0.29, 0.717) is 33.5 Å². The first kappa shape index (κ1) is 23.4. The molecule has 0 bridgehead atoms. The molecule has 6 rings (SSSR count). The number of hydrogen-bond acceptors (Lipinski definition) is 4. The minimum atomic E-state index is -1.53. The van der Waals surface area contributed by atoms with Gasteiger partial charge in [0.1, 0.15) is 5.75 Å². The van der Waals surface area contributed by atoms with Gasteiger partial charge in [0.05, 0.1) is 22.8 Å². The molecule has 2 aliphatic heterocycles. The highest BCUT2D eigenvalue weighted by atomic mass is 19.2. The molecular formula is C27H22F4N4O2. The topological polar surface area (TPSA) is 67.3 Å². The van der Waals surface area contributed by atoms with Gasteiger partial charge in [-0.05, 0) is 55.8 Å². The molecule has 0 radical (unpaired) electrons. The molecule has 4 aromatic rings. The molecule has 0 aliphatic carbocycles. The van der Waals surface area contributed by atoms with Gasteiger partial charge >= 0.3 is 0 Å². The Labute approximate surface area is 209 Å². The highest BCUT2D eigenvalue weighted by Gasteiger charge is 2.35. The quantitative estimate of drug-likeness (QED) is 0.249. The van der Waals surface area contributed by atoms with Crippen molar-refractivity contribution in [2.45, 2.75) is 25.1 Å². The van der Waals surface area contributed by atoms with Gasteiger partial charge in [0, 0.05) is 41.5 Å². The Balaban J connectivity index is 1.52. The second-order valence-electron chi connectivity index (χ2n) is 9.12. The first-order valence-corrected chi connectivity index (χ1v) is 11.9. The van der Waals surface area contributed by atoms with Gasteiger partial charge in [-0.1, -0.05) is 0 Å². The van der Waals surface area contributed by atoms with E-state index in [2.05, 4.69) is 16.0 Å². The Morgan fingerprint density at radius 3 is 2.46 bits per heavy atom. The molecule has 2 atom stereocenters. The monoisotopic (exact) mass is 510 g/mol. The molecule has 10 heteroatoms.